The number of fused-ring (bicyclic) bond motifs is 2. The SMILES string of the molecule is COc1ccc(C(=O)N2CCS[C@]23C(=O)N(Cc2ccc(C)cc2)c2ccc(Cl)cc23)cc1. The van der Waals surface area contributed by atoms with Gasteiger partial charge in [-0.1, -0.05) is 41.4 Å². The van der Waals surface area contributed by atoms with Crippen molar-refractivity contribution in [2.45, 2.75) is 18.3 Å². The average Bonchev–Trinajstić information content (AvgIpc) is 3.37. The molecule has 1 spiro atoms. The summed E-state index contributed by atoms with van der Waals surface area (Å²) in [5.41, 5.74) is 4.29. The van der Waals surface area contributed by atoms with Gasteiger partial charge in [-0.3, -0.25) is 9.59 Å². The van der Waals surface area contributed by atoms with Crippen LogP contribution in [0.5, 0.6) is 5.75 Å². The highest BCUT2D eigenvalue weighted by atomic mass is 35.5. The second-order valence-corrected chi connectivity index (χ2v) is 9.94. The van der Waals surface area contributed by atoms with Crippen molar-refractivity contribution in [3.63, 3.8) is 0 Å². The summed E-state index contributed by atoms with van der Waals surface area (Å²) < 4.78 is 5.22. The number of thioether (sulfide) groups is 1. The van der Waals surface area contributed by atoms with Gasteiger partial charge in [0.25, 0.3) is 11.8 Å². The number of aryl methyl sites for hydroxylation is 1. The third kappa shape index (κ3) is 3.58. The molecular weight excluding hydrogens is 456 g/mol. The number of hydrogen-bond acceptors (Lipinski definition) is 4. The molecule has 1 fully saturated rings. The first-order valence-electron chi connectivity index (χ1n) is 10.7. The normalized spacial score (nSPS) is 19.3. The fraction of sp³-hybridized carbons (Fsp3) is 0.231. The van der Waals surface area contributed by atoms with Gasteiger partial charge in [-0.2, -0.15) is 0 Å². The summed E-state index contributed by atoms with van der Waals surface area (Å²) in [6.07, 6.45) is 0. The minimum Gasteiger partial charge on any atom is -0.497 e. The molecule has 2 aliphatic rings. The Morgan fingerprint density at radius 1 is 1.09 bits per heavy atom. The maximum atomic E-state index is 14.1. The van der Waals surface area contributed by atoms with E-state index in [9.17, 15) is 9.59 Å². The zero-order valence-electron chi connectivity index (χ0n) is 18.4. The lowest BCUT2D eigenvalue weighted by Gasteiger charge is -2.33. The standard InChI is InChI=1S/C26H23ClN2O3S/c1-17-3-5-18(6-4-17)16-28-23-12-9-20(27)15-22(23)26(25(28)31)29(13-14-33-26)24(30)19-7-10-21(32-2)11-8-19/h3-12,15H,13-14,16H2,1-2H3/t26-/m1/s1. The second kappa shape index (κ2) is 8.43. The van der Waals surface area contributed by atoms with Crippen molar-refractivity contribution in [1.82, 2.24) is 4.90 Å². The number of carbonyl (C=O) groups is 2. The predicted octanol–water partition coefficient (Wildman–Crippen LogP) is 5.25. The maximum absolute atomic E-state index is 14.1. The molecule has 168 valence electrons. The molecule has 0 N–H and O–H groups in total. The number of amides is 2. The molecule has 0 aliphatic carbocycles. The zero-order valence-corrected chi connectivity index (χ0v) is 19.9. The molecule has 2 heterocycles. The van der Waals surface area contributed by atoms with E-state index in [-0.39, 0.29) is 11.8 Å². The van der Waals surface area contributed by atoms with Crippen molar-refractivity contribution in [3.05, 3.63) is 94.0 Å². The first kappa shape index (κ1) is 21.9. The van der Waals surface area contributed by atoms with Crippen LogP contribution in [0.1, 0.15) is 27.0 Å². The van der Waals surface area contributed by atoms with E-state index in [2.05, 4.69) is 0 Å². The third-order valence-corrected chi connectivity index (χ3v) is 7.85. The lowest BCUT2D eigenvalue weighted by molar-refractivity contribution is -0.123. The minimum atomic E-state index is -1.12. The molecule has 3 aromatic rings. The van der Waals surface area contributed by atoms with Gasteiger partial charge in [-0.05, 0) is 55.0 Å². The van der Waals surface area contributed by atoms with Crippen LogP contribution in [0, 0.1) is 6.92 Å². The van der Waals surface area contributed by atoms with E-state index in [1.807, 2.05) is 43.3 Å². The van der Waals surface area contributed by atoms with Crippen LogP contribution in [0.2, 0.25) is 5.02 Å². The molecule has 5 nitrogen and oxygen atoms in total. The highest BCUT2D eigenvalue weighted by molar-refractivity contribution is 8.01. The van der Waals surface area contributed by atoms with E-state index >= 15 is 0 Å². The largest absolute Gasteiger partial charge is 0.497 e. The van der Waals surface area contributed by atoms with E-state index < -0.39 is 4.87 Å². The van der Waals surface area contributed by atoms with Gasteiger partial charge in [-0.25, -0.2) is 0 Å². The quantitative estimate of drug-likeness (QED) is 0.514. The number of benzene rings is 3. The predicted molar refractivity (Wildman–Crippen MR) is 132 cm³/mol. The van der Waals surface area contributed by atoms with Crippen LogP contribution in [0.15, 0.2) is 66.7 Å². The third-order valence-electron chi connectivity index (χ3n) is 6.20. The fourth-order valence-corrected chi connectivity index (χ4v) is 6.13. The van der Waals surface area contributed by atoms with E-state index in [1.165, 1.54) is 11.8 Å². The number of ether oxygens (including phenoxy) is 1. The molecular formula is C26H23ClN2O3S. The minimum absolute atomic E-state index is 0.107. The van der Waals surface area contributed by atoms with Gasteiger partial charge in [0, 0.05) is 28.4 Å². The van der Waals surface area contributed by atoms with Gasteiger partial charge in [0.2, 0.25) is 0 Å². The lowest BCUT2D eigenvalue weighted by atomic mass is 10.0. The van der Waals surface area contributed by atoms with Crippen LogP contribution in [0.4, 0.5) is 5.69 Å². The van der Waals surface area contributed by atoms with Gasteiger partial charge in [0.05, 0.1) is 19.3 Å². The first-order chi connectivity index (χ1) is 15.9. The van der Waals surface area contributed by atoms with E-state index in [1.54, 1.807) is 47.2 Å². The number of anilines is 1. The van der Waals surface area contributed by atoms with Crippen LogP contribution in [-0.4, -0.2) is 36.1 Å². The van der Waals surface area contributed by atoms with Crippen molar-refractivity contribution >= 4 is 40.9 Å². The summed E-state index contributed by atoms with van der Waals surface area (Å²) in [6, 6.07) is 20.6. The number of carbonyl (C=O) groups excluding carboxylic acids is 2. The summed E-state index contributed by atoms with van der Waals surface area (Å²) in [7, 11) is 1.59. The Morgan fingerprint density at radius 2 is 1.82 bits per heavy atom. The Morgan fingerprint density at radius 3 is 2.52 bits per heavy atom. The number of hydrogen-bond donors (Lipinski definition) is 0. The maximum Gasteiger partial charge on any atom is 0.268 e. The van der Waals surface area contributed by atoms with E-state index in [0.29, 0.717) is 35.2 Å². The van der Waals surface area contributed by atoms with Gasteiger partial charge in [0.15, 0.2) is 4.87 Å². The van der Waals surface area contributed by atoms with E-state index in [4.69, 9.17) is 16.3 Å². The zero-order chi connectivity index (χ0) is 23.2. The average molecular weight is 479 g/mol. The summed E-state index contributed by atoms with van der Waals surface area (Å²) in [5, 5.41) is 0.544. The fourth-order valence-electron chi connectivity index (χ4n) is 4.51. The van der Waals surface area contributed by atoms with Crippen molar-refractivity contribution in [2.24, 2.45) is 0 Å². The molecule has 0 saturated carbocycles. The topological polar surface area (TPSA) is 49.9 Å². The molecule has 5 rings (SSSR count). The lowest BCUT2D eigenvalue weighted by Crippen LogP contribution is -2.50. The summed E-state index contributed by atoms with van der Waals surface area (Å²) >= 11 is 7.88. The highest BCUT2D eigenvalue weighted by Crippen LogP contribution is 2.55. The van der Waals surface area contributed by atoms with Gasteiger partial charge in [0.1, 0.15) is 5.75 Å². The van der Waals surface area contributed by atoms with Gasteiger partial charge < -0.3 is 14.5 Å². The Kier molecular flexibility index (Phi) is 5.59. The monoisotopic (exact) mass is 478 g/mol. The molecule has 3 aromatic carbocycles. The summed E-state index contributed by atoms with van der Waals surface area (Å²) in [6.45, 7) is 2.95. The molecule has 0 aromatic heterocycles. The molecule has 7 heteroatoms. The molecule has 2 aliphatic heterocycles. The van der Waals surface area contributed by atoms with Crippen molar-refractivity contribution < 1.29 is 14.3 Å². The number of methoxy groups -OCH3 is 1. The Labute approximate surface area is 202 Å². The second-order valence-electron chi connectivity index (χ2n) is 8.22. The van der Waals surface area contributed by atoms with E-state index in [0.717, 1.165) is 22.4 Å². The first-order valence-corrected chi connectivity index (χ1v) is 12.1. The van der Waals surface area contributed by atoms with Crippen LogP contribution in [0.25, 0.3) is 0 Å². The molecule has 0 radical (unpaired) electrons. The Hall–Kier alpha value is -2.96. The number of rotatable bonds is 4. The van der Waals surface area contributed by atoms with Crippen LogP contribution < -0.4 is 9.64 Å². The molecule has 1 saturated heterocycles. The molecule has 1 atom stereocenters. The number of halogens is 1. The van der Waals surface area contributed by atoms with Crippen molar-refractivity contribution in [1.29, 1.82) is 0 Å². The molecule has 0 bridgehead atoms. The Bertz CT molecular complexity index is 1230. The smallest absolute Gasteiger partial charge is 0.268 e. The van der Waals surface area contributed by atoms with Crippen molar-refractivity contribution in [2.75, 3.05) is 24.3 Å². The van der Waals surface area contributed by atoms with Crippen molar-refractivity contribution in [3.8, 4) is 5.75 Å². The van der Waals surface area contributed by atoms with Gasteiger partial charge in [-0.15, -0.1) is 11.8 Å². The Balaban J connectivity index is 1.56. The van der Waals surface area contributed by atoms with Crippen LogP contribution in [-0.2, 0) is 16.2 Å². The van der Waals surface area contributed by atoms with Crippen LogP contribution in [0.3, 0.4) is 0 Å². The molecule has 33 heavy (non-hydrogen) atoms. The summed E-state index contributed by atoms with van der Waals surface area (Å²) in [4.78, 5) is 30.0. The highest BCUT2D eigenvalue weighted by Gasteiger charge is 2.59. The van der Waals surface area contributed by atoms with Gasteiger partial charge >= 0.3 is 0 Å². The van der Waals surface area contributed by atoms with Crippen LogP contribution >= 0.6 is 23.4 Å². The molecule has 0 unspecified atom stereocenters. The number of nitrogens with zero attached hydrogens (tertiary/aromatic N) is 2. The summed E-state index contributed by atoms with van der Waals surface area (Å²) in [5.74, 6) is 1.05. The molecule has 2 amide bonds.